The number of aryl methyl sites for hydroxylation is 1. The van der Waals surface area contributed by atoms with E-state index in [1.807, 2.05) is 0 Å². The molecule has 0 spiro atoms. The van der Waals surface area contributed by atoms with Gasteiger partial charge in [-0.05, 0) is 51.1 Å². The van der Waals surface area contributed by atoms with Crippen LogP contribution in [0.4, 0.5) is 16.2 Å². The number of benzene rings is 1. The van der Waals surface area contributed by atoms with Gasteiger partial charge < -0.3 is 29.1 Å². The van der Waals surface area contributed by atoms with Crippen LogP contribution in [0.25, 0.3) is 11.0 Å². The summed E-state index contributed by atoms with van der Waals surface area (Å²) in [5, 5.41) is 8.59. The smallest absolute Gasteiger partial charge is 0.412 e. The molecular formula is C24H28N4O7. The maximum atomic E-state index is 12.8. The van der Waals surface area contributed by atoms with Crippen LogP contribution in [-0.2, 0) is 21.3 Å². The second-order valence-corrected chi connectivity index (χ2v) is 8.75. The van der Waals surface area contributed by atoms with E-state index in [2.05, 4.69) is 20.7 Å². The first-order valence-electron chi connectivity index (χ1n) is 10.8. The molecule has 0 aliphatic rings. The van der Waals surface area contributed by atoms with Crippen molar-refractivity contribution in [1.82, 2.24) is 9.88 Å². The molecule has 2 aromatic heterocycles. The average molecular weight is 485 g/mol. The Morgan fingerprint density at radius 1 is 1.00 bits per heavy atom. The van der Waals surface area contributed by atoms with Crippen molar-refractivity contribution >= 4 is 46.2 Å². The van der Waals surface area contributed by atoms with Gasteiger partial charge >= 0.3 is 12.1 Å². The Morgan fingerprint density at radius 2 is 1.74 bits per heavy atom. The Kier molecular flexibility index (Phi) is 7.48. The number of fused-ring (bicyclic) bond motifs is 1. The van der Waals surface area contributed by atoms with E-state index in [1.165, 1.54) is 13.2 Å². The molecule has 3 rings (SSSR count). The first-order valence-corrected chi connectivity index (χ1v) is 10.8. The molecule has 2 heterocycles. The van der Waals surface area contributed by atoms with Crippen LogP contribution in [0, 0.1) is 0 Å². The van der Waals surface area contributed by atoms with E-state index in [1.54, 1.807) is 62.8 Å². The molecule has 3 N–H and O–H groups in total. The molecule has 0 bridgehead atoms. The van der Waals surface area contributed by atoms with Gasteiger partial charge in [-0.15, -0.1) is 0 Å². The van der Waals surface area contributed by atoms with Gasteiger partial charge in [0, 0.05) is 30.9 Å². The number of ether oxygens (including phenoxy) is 2. The van der Waals surface area contributed by atoms with Gasteiger partial charge in [0.25, 0.3) is 11.8 Å². The highest BCUT2D eigenvalue weighted by Crippen LogP contribution is 2.24. The molecule has 1 aromatic carbocycles. The fourth-order valence-electron chi connectivity index (χ4n) is 3.18. The van der Waals surface area contributed by atoms with Crippen LogP contribution in [0.3, 0.4) is 0 Å². The van der Waals surface area contributed by atoms with E-state index in [4.69, 9.17) is 9.15 Å². The number of rotatable bonds is 7. The number of hydrogen-bond donors (Lipinski definition) is 3. The number of nitrogens with one attached hydrogen (secondary N) is 3. The van der Waals surface area contributed by atoms with Crippen LogP contribution in [0.15, 0.2) is 40.9 Å². The van der Waals surface area contributed by atoms with Crippen LogP contribution in [0.5, 0.6) is 0 Å². The molecule has 3 amide bonds. The lowest BCUT2D eigenvalue weighted by molar-refractivity contribution is -0.140. The van der Waals surface area contributed by atoms with E-state index in [0.717, 1.165) is 0 Å². The molecule has 3 aromatic rings. The second-order valence-electron chi connectivity index (χ2n) is 8.75. The Bertz CT molecular complexity index is 1270. The van der Waals surface area contributed by atoms with Gasteiger partial charge in [0.2, 0.25) is 0 Å². The minimum absolute atomic E-state index is 0.0484. The predicted octanol–water partition coefficient (Wildman–Crippen LogP) is 3.66. The molecule has 0 aliphatic carbocycles. The first kappa shape index (κ1) is 25.3. The lowest BCUT2D eigenvalue weighted by Crippen LogP contribution is -2.27. The van der Waals surface area contributed by atoms with Gasteiger partial charge in [-0.25, -0.2) is 4.79 Å². The van der Waals surface area contributed by atoms with Crippen LogP contribution in [-0.4, -0.2) is 47.7 Å². The third kappa shape index (κ3) is 6.85. The first-order chi connectivity index (χ1) is 16.4. The highest BCUT2D eigenvalue weighted by atomic mass is 16.6. The molecule has 0 atom stereocenters. The Hall–Kier alpha value is -4.28. The van der Waals surface area contributed by atoms with Gasteiger partial charge in [-0.3, -0.25) is 19.7 Å². The SMILES string of the molecule is COC(=O)CCNC(=O)c1cc2cc(NC(=O)c3cc(NC(=O)OC(C)(C)C)cn3C)ccc2o1. The molecule has 0 fully saturated rings. The fraction of sp³-hybridized carbons (Fsp3) is 0.333. The molecule has 35 heavy (non-hydrogen) atoms. The highest BCUT2D eigenvalue weighted by Gasteiger charge is 2.19. The van der Waals surface area contributed by atoms with Crippen LogP contribution in [0.1, 0.15) is 48.2 Å². The standard InChI is InChI=1S/C24H28N4O7/c1-24(2,3)35-23(32)27-16-12-17(28(4)13-16)21(30)26-15-6-7-18-14(10-15)11-19(34-18)22(31)25-9-8-20(29)33-5/h6-7,10-13H,8-9H2,1-5H3,(H,25,31)(H,26,30)(H,27,32). The molecule has 186 valence electrons. The van der Waals surface area contributed by atoms with E-state index < -0.39 is 29.5 Å². The number of methoxy groups -OCH3 is 1. The lowest BCUT2D eigenvalue weighted by atomic mass is 10.2. The van der Waals surface area contributed by atoms with Crippen molar-refractivity contribution in [2.24, 2.45) is 7.05 Å². The van der Waals surface area contributed by atoms with E-state index in [-0.39, 0.29) is 18.7 Å². The summed E-state index contributed by atoms with van der Waals surface area (Å²) in [6.45, 7) is 5.39. The monoisotopic (exact) mass is 484 g/mol. The van der Waals surface area contributed by atoms with Crippen LogP contribution >= 0.6 is 0 Å². The van der Waals surface area contributed by atoms with Gasteiger partial charge in [0.1, 0.15) is 16.9 Å². The number of esters is 1. The molecule has 11 nitrogen and oxygen atoms in total. The Morgan fingerprint density at radius 3 is 2.43 bits per heavy atom. The molecule has 0 aliphatic heterocycles. The summed E-state index contributed by atoms with van der Waals surface area (Å²) in [7, 11) is 2.96. The maximum absolute atomic E-state index is 12.8. The minimum Gasteiger partial charge on any atom is -0.469 e. The highest BCUT2D eigenvalue weighted by molar-refractivity contribution is 6.05. The number of carbonyl (C=O) groups is 4. The molecule has 0 saturated heterocycles. The predicted molar refractivity (Wildman–Crippen MR) is 128 cm³/mol. The topological polar surface area (TPSA) is 141 Å². The van der Waals surface area contributed by atoms with Crippen molar-refractivity contribution < 1.29 is 33.1 Å². The minimum atomic E-state index is -0.644. The summed E-state index contributed by atoms with van der Waals surface area (Å²) in [6.07, 6.45) is 1.03. The van der Waals surface area contributed by atoms with Crippen molar-refractivity contribution in [2.45, 2.75) is 32.8 Å². The van der Waals surface area contributed by atoms with Gasteiger partial charge in [-0.1, -0.05) is 0 Å². The lowest BCUT2D eigenvalue weighted by Gasteiger charge is -2.19. The largest absolute Gasteiger partial charge is 0.469 e. The van der Waals surface area contributed by atoms with E-state index in [0.29, 0.717) is 28.0 Å². The zero-order valence-electron chi connectivity index (χ0n) is 20.2. The summed E-state index contributed by atoms with van der Waals surface area (Å²) >= 11 is 0. The number of hydrogen-bond acceptors (Lipinski definition) is 7. The molecule has 0 radical (unpaired) electrons. The summed E-state index contributed by atoms with van der Waals surface area (Å²) in [6, 6.07) is 8.03. The van der Waals surface area contributed by atoms with Gasteiger partial charge in [-0.2, -0.15) is 0 Å². The zero-order chi connectivity index (χ0) is 25.8. The third-order valence-electron chi connectivity index (χ3n) is 4.72. The molecular weight excluding hydrogens is 456 g/mol. The van der Waals surface area contributed by atoms with E-state index in [9.17, 15) is 19.2 Å². The van der Waals surface area contributed by atoms with Gasteiger partial charge in [0.05, 0.1) is 19.2 Å². The number of carbonyl (C=O) groups excluding carboxylic acids is 4. The average Bonchev–Trinajstić information content (AvgIpc) is 3.34. The number of anilines is 2. The van der Waals surface area contributed by atoms with Gasteiger partial charge in [0.15, 0.2) is 5.76 Å². The molecule has 0 saturated carbocycles. The Labute approximate surface area is 201 Å². The maximum Gasteiger partial charge on any atom is 0.412 e. The fourth-order valence-corrected chi connectivity index (χ4v) is 3.18. The summed E-state index contributed by atoms with van der Waals surface area (Å²) in [5.41, 5.74) is 1.04. The quantitative estimate of drug-likeness (QED) is 0.435. The number of aromatic nitrogens is 1. The van der Waals surface area contributed by atoms with Crippen LogP contribution < -0.4 is 16.0 Å². The second kappa shape index (κ2) is 10.3. The zero-order valence-corrected chi connectivity index (χ0v) is 20.2. The molecule has 11 heteroatoms. The van der Waals surface area contributed by atoms with Crippen molar-refractivity contribution in [3.05, 3.63) is 48.0 Å². The van der Waals surface area contributed by atoms with Crippen molar-refractivity contribution in [3.63, 3.8) is 0 Å². The van der Waals surface area contributed by atoms with Crippen molar-refractivity contribution in [3.8, 4) is 0 Å². The summed E-state index contributed by atoms with van der Waals surface area (Å²) in [4.78, 5) is 48.2. The van der Waals surface area contributed by atoms with Crippen molar-refractivity contribution in [2.75, 3.05) is 24.3 Å². The van der Waals surface area contributed by atoms with Crippen molar-refractivity contribution in [1.29, 1.82) is 0 Å². The number of furan rings is 1. The van der Waals surface area contributed by atoms with E-state index >= 15 is 0 Å². The number of amides is 3. The third-order valence-corrected chi connectivity index (χ3v) is 4.72. The summed E-state index contributed by atoms with van der Waals surface area (Å²) < 4.78 is 16.9. The normalized spacial score (nSPS) is 11.1. The number of nitrogens with zero attached hydrogens (tertiary/aromatic N) is 1. The molecule has 0 unspecified atom stereocenters. The van der Waals surface area contributed by atoms with Crippen LogP contribution in [0.2, 0.25) is 0 Å². The summed E-state index contributed by atoms with van der Waals surface area (Å²) in [5.74, 6) is -1.22. The Balaban J connectivity index is 1.66.